The van der Waals surface area contributed by atoms with Crippen molar-refractivity contribution >= 4 is 33.2 Å². The maximum Gasteiger partial charge on any atom is 0.255 e. The molecular formula is C17H18ClFN2O3S. The van der Waals surface area contributed by atoms with Crippen LogP contribution in [-0.2, 0) is 10.0 Å². The van der Waals surface area contributed by atoms with Crippen molar-refractivity contribution in [3.8, 4) is 0 Å². The minimum Gasteiger partial charge on any atom is -0.319 e. The van der Waals surface area contributed by atoms with Crippen LogP contribution in [0.5, 0.6) is 0 Å². The minimum atomic E-state index is -3.76. The molecule has 1 amide bonds. The Kier molecular flexibility index (Phi) is 6.16. The zero-order valence-corrected chi connectivity index (χ0v) is 15.4. The Balaban J connectivity index is 2.27. The molecule has 2 rings (SSSR count). The molecule has 134 valence electrons. The van der Waals surface area contributed by atoms with E-state index >= 15 is 0 Å². The van der Waals surface area contributed by atoms with E-state index in [4.69, 9.17) is 11.6 Å². The fraction of sp³-hybridized carbons (Fsp3) is 0.235. The van der Waals surface area contributed by atoms with Crippen LogP contribution in [0, 0.1) is 5.82 Å². The summed E-state index contributed by atoms with van der Waals surface area (Å²) in [6.45, 7) is 3.98. The Bertz CT molecular complexity index is 883. The molecule has 0 fully saturated rings. The molecule has 0 atom stereocenters. The molecule has 0 bridgehead atoms. The van der Waals surface area contributed by atoms with Crippen LogP contribution in [0.1, 0.15) is 24.2 Å². The van der Waals surface area contributed by atoms with Crippen molar-refractivity contribution in [1.29, 1.82) is 0 Å². The van der Waals surface area contributed by atoms with Gasteiger partial charge < -0.3 is 5.32 Å². The number of hydrogen-bond donors (Lipinski definition) is 1. The van der Waals surface area contributed by atoms with Crippen molar-refractivity contribution in [2.75, 3.05) is 18.4 Å². The molecule has 0 aliphatic heterocycles. The molecule has 0 heterocycles. The molecule has 0 radical (unpaired) electrons. The van der Waals surface area contributed by atoms with Crippen molar-refractivity contribution in [2.45, 2.75) is 18.7 Å². The Hall–Kier alpha value is -1.96. The van der Waals surface area contributed by atoms with E-state index in [9.17, 15) is 17.6 Å². The largest absolute Gasteiger partial charge is 0.319 e. The maximum atomic E-state index is 14.3. The second-order valence-electron chi connectivity index (χ2n) is 5.20. The van der Waals surface area contributed by atoms with Gasteiger partial charge in [-0.15, -0.1) is 0 Å². The number of rotatable bonds is 6. The fourth-order valence-electron chi connectivity index (χ4n) is 2.29. The molecular weight excluding hydrogens is 367 g/mol. The predicted octanol–water partition coefficient (Wildman–Crippen LogP) is 3.76. The number of carbonyl (C=O) groups excluding carboxylic acids is 1. The number of hydrogen-bond acceptors (Lipinski definition) is 3. The van der Waals surface area contributed by atoms with Crippen LogP contribution >= 0.6 is 11.6 Å². The number of benzene rings is 2. The number of nitrogens with zero attached hydrogens (tertiary/aromatic N) is 1. The van der Waals surface area contributed by atoms with Crippen LogP contribution in [0.4, 0.5) is 10.1 Å². The molecule has 25 heavy (non-hydrogen) atoms. The number of halogens is 2. The van der Waals surface area contributed by atoms with E-state index in [0.717, 1.165) is 6.07 Å². The minimum absolute atomic E-state index is 0.108. The van der Waals surface area contributed by atoms with Crippen molar-refractivity contribution in [1.82, 2.24) is 4.31 Å². The second kappa shape index (κ2) is 7.95. The van der Waals surface area contributed by atoms with E-state index in [1.54, 1.807) is 32.0 Å². The van der Waals surface area contributed by atoms with Crippen molar-refractivity contribution in [2.24, 2.45) is 0 Å². The first-order chi connectivity index (χ1) is 11.8. The van der Waals surface area contributed by atoms with Gasteiger partial charge in [0.05, 0.1) is 10.6 Å². The lowest BCUT2D eigenvalue weighted by molar-refractivity contribution is 0.102. The molecule has 2 aromatic carbocycles. The van der Waals surface area contributed by atoms with Gasteiger partial charge in [-0.25, -0.2) is 12.8 Å². The first kappa shape index (κ1) is 19.4. The monoisotopic (exact) mass is 384 g/mol. The van der Waals surface area contributed by atoms with Gasteiger partial charge in [0.25, 0.3) is 5.91 Å². The molecule has 1 N–H and O–H groups in total. The third-order valence-corrected chi connectivity index (χ3v) is 5.90. The van der Waals surface area contributed by atoms with E-state index in [1.807, 2.05) is 0 Å². The van der Waals surface area contributed by atoms with Crippen molar-refractivity contribution < 1.29 is 17.6 Å². The number of anilines is 1. The highest BCUT2D eigenvalue weighted by atomic mass is 35.5. The molecule has 0 unspecified atom stereocenters. The molecule has 5 nitrogen and oxygen atoms in total. The molecule has 8 heteroatoms. The first-order valence-electron chi connectivity index (χ1n) is 7.66. The SMILES string of the molecule is CCN(CC)S(=O)(=O)c1ccc(NC(=O)c2cccc(Cl)c2)c(F)c1. The summed E-state index contributed by atoms with van der Waals surface area (Å²) in [6.07, 6.45) is 0. The van der Waals surface area contributed by atoms with Crippen molar-refractivity contribution in [3.63, 3.8) is 0 Å². The number of amides is 1. The summed E-state index contributed by atoms with van der Waals surface area (Å²) in [5, 5.41) is 2.79. The molecule has 0 aromatic heterocycles. The second-order valence-corrected chi connectivity index (χ2v) is 7.57. The average Bonchev–Trinajstić information content (AvgIpc) is 2.57. The third-order valence-electron chi connectivity index (χ3n) is 3.62. The zero-order chi connectivity index (χ0) is 18.6. The highest BCUT2D eigenvalue weighted by Gasteiger charge is 2.23. The van der Waals surface area contributed by atoms with Gasteiger partial charge in [-0.2, -0.15) is 4.31 Å². The Labute approximate surface area is 151 Å². The summed E-state index contributed by atoms with van der Waals surface area (Å²) in [6, 6.07) is 9.62. The van der Waals surface area contributed by atoms with Gasteiger partial charge in [-0.3, -0.25) is 4.79 Å². The van der Waals surface area contributed by atoms with Crippen LogP contribution in [0.2, 0.25) is 5.02 Å². The van der Waals surface area contributed by atoms with E-state index in [2.05, 4.69) is 5.32 Å². The lowest BCUT2D eigenvalue weighted by Crippen LogP contribution is -2.30. The lowest BCUT2D eigenvalue weighted by atomic mass is 10.2. The molecule has 0 saturated heterocycles. The Morgan fingerprint density at radius 1 is 1.16 bits per heavy atom. The summed E-state index contributed by atoms with van der Waals surface area (Å²) in [7, 11) is -3.76. The maximum absolute atomic E-state index is 14.3. The smallest absolute Gasteiger partial charge is 0.255 e. The summed E-state index contributed by atoms with van der Waals surface area (Å²) in [5.41, 5.74) is 0.162. The normalized spacial score (nSPS) is 11.6. The topological polar surface area (TPSA) is 66.5 Å². The molecule has 0 saturated carbocycles. The highest BCUT2D eigenvalue weighted by Crippen LogP contribution is 2.22. The fourth-order valence-corrected chi connectivity index (χ4v) is 3.96. The first-order valence-corrected chi connectivity index (χ1v) is 9.48. The van der Waals surface area contributed by atoms with Crippen LogP contribution in [-0.4, -0.2) is 31.7 Å². The van der Waals surface area contributed by atoms with Gasteiger partial charge in [0.15, 0.2) is 0 Å². The molecule has 0 aliphatic carbocycles. The van der Waals surface area contributed by atoms with E-state index in [1.165, 1.54) is 22.5 Å². The Morgan fingerprint density at radius 3 is 2.40 bits per heavy atom. The summed E-state index contributed by atoms with van der Waals surface area (Å²) in [5.74, 6) is -1.37. The quantitative estimate of drug-likeness (QED) is 0.824. The third kappa shape index (κ3) is 4.36. The number of carbonyl (C=O) groups is 1. The number of sulfonamides is 1. The molecule has 0 aliphatic rings. The van der Waals surface area contributed by atoms with Crippen LogP contribution in [0.3, 0.4) is 0 Å². The van der Waals surface area contributed by atoms with Gasteiger partial charge >= 0.3 is 0 Å². The standard InChI is InChI=1S/C17H18ClFN2O3S/c1-3-21(4-2)25(23,24)14-8-9-16(15(19)11-14)20-17(22)12-6-5-7-13(18)10-12/h5-11H,3-4H2,1-2H3,(H,20,22). The van der Waals surface area contributed by atoms with Gasteiger partial charge in [0, 0.05) is 23.7 Å². The van der Waals surface area contributed by atoms with E-state index in [0.29, 0.717) is 5.02 Å². The van der Waals surface area contributed by atoms with Gasteiger partial charge in [0.2, 0.25) is 10.0 Å². The van der Waals surface area contributed by atoms with Crippen LogP contribution in [0.25, 0.3) is 0 Å². The van der Waals surface area contributed by atoms with Gasteiger partial charge in [0.1, 0.15) is 5.82 Å². The zero-order valence-electron chi connectivity index (χ0n) is 13.8. The van der Waals surface area contributed by atoms with Crippen LogP contribution < -0.4 is 5.32 Å². The predicted molar refractivity (Wildman–Crippen MR) is 95.9 cm³/mol. The lowest BCUT2D eigenvalue weighted by Gasteiger charge is -2.18. The highest BCUT2D eigenvalue weighted by molar-refractivity contribution is 7.89. The van der Waals surface area contributed by atoms with Gasteiger partial charge in [-0.1, -0.05) is 31.5 Å². The molecule has 2 aromatic rings. The van der Waals surface area contributed by atoms with E-state index < -0.39 is 21.7 Å². The van der Waals surface area contributed by atoms with Gasteiger partial charge in [-0.05, 0) is 36.4 Å². The number of nitrogens with one attached hydrogen (secondary N) is 1. The Morgan fingerprint density at radius 2 is 1.84 bits per heavy atom. The van der Waals surface area contributed by atoms with Crippen molar-refractivity contribution in [3.05, 3.63) is 58.9 Å². The molecule has 0 spiro atoms. The van der Waals surface area contributed by atoms with E-state index in [-0.39, 0.29) is 29.2 Å². The van der Waals surface area contributed by atoms with Crippen LogP contribution in [0.15, 0.2) is 47.4 Å². The summed E-state index contributed by atoms with van der Waals surface area (Å²) in [4.78, 5) is 12.0. The summed E-state index contributed by atoms with van der Waals surface area (Å²) >= 11 is 5.83. The summed E-state index contributed by atoms with van der Waals surface area (Å²) < 4.78 is 40.3. The average molecular weight is 385 g/mol.